The predicted molar refractivity (Wildman–Crippen MR) is 84.7 cm³/mol. The number of piperidine rings is 1. The van der Waals surface area contributed by atoms with Crippen LogP contribution in [0.1, 0.15) is 43.0 Å². The van der Waals surface area contributed by atoms with E-state index >= 15 is 0 Å². The first-order valence-electron chi connectivity index (χ1n) is 7.37. The lowest BCUT2D eigenvalue weighted by Gasteiger charge is -2.30. The van der Waals surface area contributed by atoms with E-state index < -0.39 is 0 Å². The highest BCUT2D eigenvalue weighted by atomic mass is 79.9. The van der Waals surface area contributed by atoms with Crippen molar-refractivity contribution in [1.82, 2.24) is 4.90 Å². The predicted octanol–water partition coefficient (Wildman–Crippen LogP) is 3.87. The number of ether oxygens (including phenoxy) is 1. The summed E-state index contributed by atoms with van der Waals surface area (Å²) in [5, 5.41) is 0. The summed E-state index contributed by atoms with van der Waals surface area (Å²) in [6.07, 6.45) is 4.40. The SMILES string of the molecule is CCCCOc1ccc(C(=O)N2CCCC(Br)C2)cc1. The first kappa shape index (κ1) is 15.4. The Bertz CT molecular complexity index is 433. The Morgan fingerprint density at radius 3 is 2.80 bits per heavy atom. The molecule has 1 saturated heterocycles. The molecule has 3 nitrogen and oxygen atoms in total. The average Bonchev–Trinajstić information content (AvgIpc) is 2.47. The number of carbonyl (C=O) groups excluding carboxylic acids is 1. The minimum atomic E-state index is 0.120. The van der Waals surface area contributed by atoms with Gasteiger partial charge in [0.05, 0.1) is 6.61 Å². The molecule has 4 heteroatoms. The van der Waals surface area contributed by atoms with E-state index in [-0.39, 0.29) is 5.91 Å². The summed E-state index contributed by atoms with van der Waals surface area (Å²) < 4.78 is 5.61. The Kier molecular flexibility index (Phi) is 5.89. The zero-order valence-electron chi connectivity index (χ0n) is 12.0. The number of alkyl halides is 1. The van der Waals surface area contributed by atoms with E-state index in [0.717, 1.165) is 56.7 Å². The smallest absolute Gasteiger partial charge is 0.253 e. The van der Waals surface area contributed by atoms with Crippen LogP contribution in [0.25, 0.3) is 0 Å². The number of likely N-dealkylation sites (tertiary alicyclic amines) is 1. The fourth-order valence-electron chi connectivity index (χ4n) is 2.32. The van der Waals surface area contributed by atoms with Crippen molar-refractivity contribution in [2.45, 2.75) is 37.4 Å². The number of unbranched alkanes of at least 4 members (excludes halogenated alkanes) is 1. The fourth-order valence-corrected chi connectivity index (χ4v) is 2.99. The van der Waals surface area contributed by atoms with Crippen molar-refractivity contribution >= 4 is 21.8 Å². The molecule has 0 bridgehead atoms. The maximum atomic E-state index is 12.4. The van der Waals surface area contributed by atoms with Crippen LogP contribution in [0.2, 0.25) is 0 Å². The van der Waals surface area contributed by atoms with Gasteiger partial charge in [-0.05, 0) is 43.5 Å². The highest BCUT2D eigenvalue weighted by Crippen LogP contribution is 2.20. The molecule has 1 aromatic rings. The number of benzene rings is 1. The Morgan fingerprint density at radius 1 is 1.40 bits per heavy atom. The molecule has 0 saturated carbocycles. The number of rotatable bonds is 5. The average molecular weight is 340 g/mol. The lowest BCUT2D eigenvalue weighted by Crippen LogP contribution is -2.40. The Morgan fingerprint density at radius 2 is 2.15 bits per heavy atom. The maximum absolute atomic E-state index is 12.4. The Labute approximate surface area is 129 Å². The van der Waals surface area contributed by atoms with E-state index in [1.165, 1.54) is 0 Å². The van der Waals surface area contributed by atoms with E-state index in [2.05, 4.69) is 22.9 Å². The maximum Gasteiger partial charge on any atom is 0.253 e. The molecular formula is C16H22BrNO2. The van der Waals surface area contributed by atoms with Crippen LogP contribution in [0, 0.1) is 0 Å². The number of nitrogens with zero attached hydrogens (tertiary/aromatic N) is 1. The molecule has 110 valence electrons. The number of hydrogen-bond acceptors (Lipinski definition) is 2. The van der Waals surface area contributed by atoms with Crippen LogP contribution in [0.3, 0.4) is 0 Å². The molecule has 1 fully saturated rings. The van der Waals surface area contributed by atoms with Crippen LogP contribution in [0.5, 0.6) is 5.75 Å². The normalized spacial score (nSPS) is 18.9. The third kappa shape index (κ3) is 4.23. The van der Waals surface area contributed by atoms with Crippen molar-refractivity contribution in [3.63, 3.8) is 0 Å². The summed E-state index contributed by atoms with van der Waals surface area (Å²) >= 11 is 3.60. The summed E-state index contributed by atoms with van der Waals surface area (Å²) in [6, 6.07) is 7.50. The zero-order valence-corrected chi connectivity index (χ0v) is 13.6. The van der Waals surface area contributed by atoms with Gasteiger partial charge in [-0.15, -0.1) is 0 Å². The van der Waals surface area contributed by atoms with Gasteiger partial charge >= 0.3 is 0 Å². The monoisotopic (exact) mass is 339 g/mol. The van der Waals surface area contributed by atoms with Gasteiger partial charge in [0.2, 0.25) is 0 Å². The number of amides is 1. The third-order valence-corrected chi connectivity index (χ3v) is 4.27. The van der Waals surface area contributed by atoms with Crippen molar-refractivity contribution in [1.29, 1.82) is 0 Å². The van der Waals surface area contributed by atoms with Gasteiger partial charge in [-0.1, -0.05) is 29.3 Å². The molecule has 0 aromatic heterocycles. The lowest BCUT2D eigenvalue weighted by molar-refractivity contribution is 0.0730. The molecule has 1 unspecified atom stereocenters. The largest absolute Gasteiger partial charge is 0.494 e. The first-order chi connectivity index (χ1) is 9.70. The molecule has 1 aliphatic rings. The zero-order chi connectivity index (χ0) is 14.4. The molecule has 0 N–H and O–H groups in total. The van der Waals surface area contributed by atoms with Crippen molar-refractivity contribution in [3.8, 4) is 5.75 Å². The van der Waals surface area contributed by atoms with Gasteiger partial charge in [0.15, 0.2) is 0 Å². The Hall–Kier alpha value is -1.03. The van der Waals surface area contributed by atoms with Gasteiger partial charge in [0.25, 0.3) is 5.91 Å². The molecule has 1 atom stereocenters. The molecule has 0 aliphatic carbocycles. The number of halogens is 1. The van der Waals surface area contributed by atoms with Crippen molar-refractivity contribution in [2.24, 2.45) is 0 Å². The van der Waals surface area contributed by atoms with Crippen LogP contribution in [-0.4, -0.2) is 35.3 Å². The van der Waals surface area contributed by atoms with E-state index in [1.54, 1.807) is 0 Å². The summed E-state index contributed by atoms with van der Waals surface area (Å²) in [6.45, 7) is 4.53. The van der Waals surface area contributed by atoms with E-state index in [9.17, 15) is 4.79 Å². The van der Waals surface area contributed by atoms with Crippen molar-refractivity contribution in [3.05, 3.63) is 29.8 Å². The minimum Gasteiger partial charge on any atom is -0.494 e. The van der Waals surface area contributed by atoms with Crippen LogP contribution < -0.4 is 4.74 Å². The molecule has 0 radical (unpaired) electrons. The summed E-state index contributed by atoms with van der Waals surface area (Å²) in [5.41, 5.74) is 0.745. The summed E-state index contributed by atoms with van der Waals surface area (Å²) in [7, 11) is 0. The standard InChI is InChI=1S/C16H22BrNO2/c1-2-3-11-20-15-8-6-13(7-9-15)16(19)18-10-4-5-14(17)12-18/h6-9,14H,2-5,10-12H2,1H3. The second kappa shape index (κ2) is 7.67. The van der Waals surface area contributed by atoms with Gasteiger partial charge in [-0.3, -0.25) is 4.79 Å². The molecule has 1 heterocycles. The van der Waals surface area contributed by atoms with Crippen LogP contribution in [0.4, 0.5) is 0 Å². The van der Waals surface area contributed by atoms with E-state index in [1.807, 2.05) is 29.2 Å². The molecule has 1 aliphatic heterocycles. The van der Waals surface area contributed by atoms with E-state index in [0.29, 0.717) is 4.83 Å². The topological polar surface area (TPSA) is 29.5 Å². The molecular weight excluding hydrogens is 318 g/mol. The summed E-state index contributed by atoms with van der Waals surface area (Å²) in [5.74, 6) is 0.960. The van der Waals surface area contributed by atoms with E-state index in [4.69, 9.17) is 4.74 Å². The van der Waals surface area contributed by atoms with Crippen LogP contribution in [0.15, 0.2) is 24.3 Å². The molecule has 2 rings (SSSR count). The van der Waals surface area contributed by atoms with Crippen LogP contribution in [-0.2, 0) is 0 Å². The number of hydrogen-bond donors (Lipinski definition) is 0. The fraction of sp³-hybridized carbons (Fsp3) is 0.562. The quantitative estimate of drug-likeness (QED) is 0.602. The number of carbonyl (C=O) groups is 1. The van der Waals surface area contributed by atoms with Gasteiger partial charge < -0.3 is 9.64 Å². The second-order valence-corrected chi connectivity index (χ2v) is 6.51. The van der Waals surface area contributed by atoms with Gasteiger partial charge in [0, 0.05) is 23.5 Å². The van der Waals surface area contributed by atoms with Gasteiger partial charge in [-0.25, -0.2) is 0 Å². The highest BCUT2D eigenvalue weighted by molar-refractivity contribution is 9.09. The molecule has 20 heavy (non-hydrogen) atoms. The van der Waals surface area contributed by atoms with Crippen LogP contribution >= 0.6 is 15.9 Å². The minimum absolute atomic E-state index is 0.120. The highest BCUT2D eigenvalue weighted by Gasteiger charge is 2.22. The van der Waals surface area contributed by atoms with Gasteiger partial charge in [0.1, 0.15) is 5.75 Å². The molecule has 1 amide bonds. The summed E-state index contributed by atoms with van der Waals surface area (Å²) in [4.78, 5) is 14.7. The third-order valence-electron chi connectivity index (χ3n) is 3.52. The molecule has 0 spiro atoms. The second-order valence-electron chi connectivity index (χ2n) is 5.22. The first-order valence-corrected chi connectivity index (χ1v) is 8.28. The van der Waals surface area contributed by atoms with Crippen molar-refractivity contribution < 1.29 is 9.53 Å². The van der Waals surface area contributed by atoms with Gasteiger partial charge in [-0.2, -0.15) is 0 Å². The molecule has 1 aromatic carbocycles. The Balaban J connectivity index is 1.93. The lowest BCUT2D eigenvalue weighted by atomic mass is 10.1. The van der Waals surface area contributed by atoms with Crippen molar-refractivity contribution in [2.75, 3.05) is 19.7 Å².